The van der Waals surface area contributed by atoms with E-state index in [9.17, 15) is 9.90 Å². The summed E-state index contributed by atoms with van der Waals surface area (Å²) in [4.78, 5) is 11.6. The molecule has 0 saturated heterocycles. The molecule has 0 saturated carbocycles. The van der Waals surface area contributed by atoms with Crippen molar-refractivity contribution >= 4 is 5.69 Å². The van der Waals surface area contributed by atoms with Crippen LogP contribution in [-0.2, 0) is 0 Å². The van der Waals surface area contributed by atoms with Gasteiger partial charge in [-0.3, -0.25) is 4.79 Å². The number of nitrogens with zero attached hydrogens (tertiary/aromatic N) is 1. The number of benzene rings is 2. The second kappa shape index (κ2) is 6.85. The lowest BCUT2D eigenvalue weighted by Crippen LogP contribution is -2.08. The highest BCUT2D eigenvalue weighted by Crippen LogP contribution is 2.27. The molecule has 0 radical (unpaired) electrons. The third kappa shape index (κ3) is 3.43. The zero-order chi connectivity index (χ0) is 18.0. The summed E-state index contributed by atoms with van der Waals surface area (Å²) in [6.45, 7) is 6.92. The minimum atomic E-state index is -0.362. The summed E-state index contributed by atoms with van der Waals surface area (Å²) in [5, 5.41) is 13.1. The number of nitrogens with one attached hydrogen (secondary N) is 1. The van der Waals surface area contributed by atoms with Crippen molar-refractivity contribution in [1.82, 2.24) is 4.57 Å². The Labute approximate surface area is 147 Å². The van der Waals surface area contributed by atoms with Crippen LogP contribution in [0.15, 0.2) is 59.5 Å². The molecule has 0 bridgehead atoms. The number of aromatic hydroxyl groups is 1. The Balaban J connectivity index is 2.04. The first-order valence-corrected chi connectivity index (χ1v) is 8.37. The SMILES string of the molecule is CCNc1ccc(-c2cccc(-n3cc(O)c(=O)cc3C)c2)cc1C. The van der Waals surface area contributed by atoms with Gasteiger partial charge in [-0.1, -0.05) is 18.2 Å². The molecule has 0 aliphatic carbocycles. The molecule has 0 spiro atoms. The molecule has 3 aromatic rings. The Morgan fingerprint density at radius 2 is 1.80 bits per heavy atom. The molecular formula is C21H22N2O2. The summed E-state index contributed by atoms with van der Waals surface area (Å²) in [5.74, 6) is -0.248. The van der Waals surface area contributed by atoms with Crippen molar-refractivity contribution in [2.45, 2.75) is 20.8 Å². The van der Waals surface area contributed by atoms with Crippen molar-refractivity contribution in [3.63, 3.8) is 0 Å². The summed E-state index contributed by atoms with van der Waals surface area (Å²) in [6.07, 6.45) is 1.47. The number of hydrogen-bond acceptors (Lipinski definition) is 3. The number of anilines is 1. The molecule has 4 nitrogen and oxygen atoms in total. The van der Waals surface area contributed by atoms with Crippen LogP contribution < -0.4 is 10.7 Å². The van der Waals surface area contributed by atoms with E-state index in [4.69, 9.17) is 0 Å². The maximum atomic E-state index is 11.6. The van der Waals surface area contributed by atoms with E-state index in [1.165, 1.54) is 17.8 Å². The lowest BCUT2D eigenvalue weighted by Gasteiger charge is -2.14. The fraction of sp³-hybridized carbons (Fsp3) is 0.190. The quantitative estimate of drug-likeness (QED) is 0.749. The van der Waals surface area contributed by atoms with Crippen LogP contribution in [0.3, 0.4) is 0 Å². The van der Waals surface area contributed by atoms with E-state index >= 15 is 0 Å². The van der Waals surface area contributed by atoms with Gasteiger partial charge in [0.05, 0.1) is 6.20 Å². The van der Waals surface area contributed by atoms with Crippen LogP contribution in [0.25, 0.3) is 16.8 Å². The molecule has 0 aliphatic rings. The standard InChI is InChI=1S/C21H22N2O2/c1-4-22-19-9-8-17(10-14(19)2)16-6-5-7-18(12-16)23-13-21(25)20(24)11-15(23)3/h5-13,22,25H,4H2,1-3H3. The monoisotopic (exact) mass is 334 g/mol. The highest BCUT2D eigenvalue weighted by atomic mass is 16.3. The topological polar surface area (TPSA) is 54.3 Å². The van der Waals surface area contributed by atoms with Gasteiger partial charge in [-0.05, 0) is 61.7 Å². The minimum Gasteiger partial charge on any atom is -0.503 e. The molecule has 0 amide bonds. The van der Waals surface area contributed by atoms with Gasteiger partial charge in [0.25, 0.3) is 0 Å². The first kappa shape index (κ1) is 16.8. The molecule has 0 unspecified atom stereocenters. The van der Waals surface area contributed by atoms with Crippen LogP contribution in [-0.4, -0.2) is 16.2 Å². The van der Waals surface area contributed by atoms with E-state index in [0.717, 1.165) is 34.7 Å². The Bertz CT molecular complexity index is 974. The molecule has 1 heterocycles. The van der Waals surface area contributed by atoms with Gasteiger partial charge < -0.3 is 15.0 Å². The number of pyridine rings is 1. The third-order valence-corrected chi connectivity index (χ3v) is 4.28. The molecule has 2 aromatic carbocycles. The maximum absolute atomic E-state index is 11.6. The summed E-state index contributed by atoms with van der Waals surface area (Å²) in [5.41, 5.74) is 5.87. The third-order valence-electron chi connectivity index (χ3n) is 4.28. The zero-order valence-corrected chi connectivity index (χ0v) is 14.7. The van der Waals surface area contributed by atoms with Crippen molar-refractivity contribution in [1.29, 1.82) is 0 Å². The van der Waals surface area contributed by atoms with E-state index in [2.05, 4.69) is 49.5 Å². The van der Waals surface area contributed by atoms with Gasteiger partial charge in [-0.2, -0.15) is 0 Å². The molecule has 3 rings (SSSR count). The van der Waals surface area contributed by atoms with Crippen LogP contribution in [0.5, 0.6) is 5.75 Å². The Kier molecular flexibility index (Phi) is 4.61. The molecule has 25 heavy (non-hydrogen) atoms. The molecule has 0 aliphatic heterocycles. The van der Waals surface area contributed by atoms with Crippen molar-refractivity contribution < 1.29 is 5.11 Å². The van der Waals surface area contributed by atoms with Gasteiger partial charge in [0.2, 0.25) is 5.43 Å². The van der Waals surface area contributed by atoms with Crippen molar-refractivity contribution in [3.05, 3.63) is 76.2 Å². The van der Waals surface area contributed by atoms with Gasteiger partial charge in [0, 0.05) is 29.7 Å². The second-order valence-corrected chi connectivity index (χ2v) is 6.14. The summed E-state index contributed by atoms with van der Waals surface area (Å²) >= 11 is 0. The van der Waals surface area contributed by atoms with Gasteiger partial charge in [0.15, 0.2) is 5.75 Å². The molecule has 4 heteroatoms. The predicted molar refractivity (Wildman–Crippen MR) is 103 cm³/mol. The van der Waals surface area contributed by atoms with Crippen LogP contribution in [0.1, 0.15) is 18.2 Å². The Morgan fingerprint density at radius 3 is 2.52 bits per heavy atom. The number of hydrogen-bond donors (Lipinski definition) is 2. The predicted octanol–water partition coefficient (Wildman–Crippen LogP) is 4.26. The first-order valence-electron chi connectivity index (χ1n) is 8.37. The summed E-state index contributed by atoms with van der Waals surface area (Å²) in [7, 11) is 0. The van der Waals surface area contributed by atoms with Crippen LogP contribution in [0.4, 0.5) is 5.69 Å². The van der Waals surface area contributed by atoms with Crippen LogP contribution in [0, 0.1) is 13.8 Å². The maximum Gasteiger partial charge on any atom is 0.223 e. The lowest BCUT2D eigenvalue weighted by atomic mass is 10.0. The lowest BCUT2D eigenvalue weighted by molar-refractivity contribution is 0.465. The zero-order valence-electron chi connectivity index (χ0n) is 14.7. The number of aromatic nitrogens is 1. The van der Waals surface area contributed by atoms with Crippen molar-refractivity contribution in [2.24, 2.45) is 0 Å². The van der Waals surface area contributed by atoms with Gasteiger partial charge >= 0.3 is 0 Å². The largest absolute Gasteiger partial charge is 0.503 e. The van der Waals surface area contributed by atoms with Gasteiger partial charge in [-0.15, -0.1) is 0 Å². The highest BCUT2D eigenvalue weighted by molar-refractivity contribution is 5.70. The van der Waals surface area contributed by atoms with E-state index in [0.29, 0.717) is 0 Å². The van der Waals surface area contributed by atoms with Gasteiger partial charge in [-0.25, -0.2) is 0 Å². The number of aryl methyl sites for hydroxylation is 2. The Morgan fingerprint density at radius 1 is 1.04 bits per heavy atom. The van der Waals surface area contributed by atoms with Gasteiger partial charge in [0.1, 0.15) is 0 Å². The molecule has 2 N–H and O–H groups in total. The average Bonchev–Trinajstić information content (AvgIpc) is 2.60. The fourth-order valence-electron chi connectivity index (χ4n) is 2.97. The van der Waals surface area contributed by atoms with E-state index in [1.807, 2.05) is 23.6 Å². The van der Waals surface area contributed by atoms with E-state index < -0.39 is 0 Å². The first-order chi connectivity index (χ1) is 12.0. The van der Waals surface area contributed by atoms with E-state index in [1.54, 1.807) is 0 Å². The molecule has 128 valence electrons. The van der Waals surface area contributed by atoms with Crippen LogP contribution >= 0.6 is 0 Å². The normalized spacial score (nSPS) is 10.7. The second-order valence-electron chi connectivity index (χ2n) is 6.14. The summed E-state index contributed by atoms with van der Waals surface area (Å²) in [6, 6.07) is 15.8. The average molecular weight is 334 g/mol. The fourth-order valence-corrected chi connectivity index (χ4v) is 2.97. The smallest absolute Gasteiger partial charge is 0.223 e. The van der Waals surface area contributed by atoms with Crippen LogP contribution in [0.2, 0.25) is 0 Å². The van der Waals surface area contributed by atoms with E-state index in [-0.39, 0.29) is 11.2 Å². The summed E-state index contributed by atoms with van der Waals surface area (Å²) < 4.78 is 1.82. The minimum absolute atomic E-state index is 0.248. The van der Waals surface area contributed by atoms with Crippen molar-refractivity contribution in [2.75, 3.05) is 11.9 Å². The van der Waals surface area contributed by atoms with Crippen molar-refractivity contribution in [3.8, 4) is 22.6 Å². The molecule has 0 fully saturated rings. The Hall–Kier alpha value is -3.01. The molecule has 0 atom stereocenters. The number of rotatable bonds is 4. The molecular weight excluding hydrogens is 312 g/mol. The molecule has 1 aromatic heterocycles. The highest BCUT2D eigenvalue weighted by Gasteiger charge is 2.07.